The van der Waals surface area contributed by atoms with Gasteiger partial charge in [0.2, 0.25) is 0 Å². The monoisotopic (exact) mass is 202 g/mol. The predicted molar refractivity (Wildman–Crippen MR) is 49.5 cm³/mol. The molecular formula is C7H10N2O3S. The molecule has 0 aromatic heterocycles. The Labute approximate surface area is 79.7 Å². The molecule has 0 bridgehead atoms. The van der Waals surface area contributed by atoms with Crippen LogP contribution in [-0.4, -0.2) is 35.3 Å². The smallest absolute Gasteiger partial charge is 0.376 e. The zero-order chi connectivity index (χ0) is 9.84. The number of Topliss-reactive ketones (excluding diaryl/α,β-unsaturated/α-hetero) is 1. The molecule has 1 aliphatic rings. The van der Waals surface area contributed by atoms with Gasteiger partial charge in [-0.3, -0.25) is 4.79 Å². The summed E-state index contributed by atoms with van der Waals surface area (Å²) in [7, 11) is 0. The summed E-state index contributed by atoms with van der Waals surface area (Å²) in [6, 6.07) is -0.649. The van der Waals surface area contributed by atoms with Crippen molar-refractivity contribution in [3.8, 4) is 0 Å². The van der Waals surface area contributed by atoms with Gasteiger partial charge in [-0.2, -0.15) is 0 Å². The third kappa shape index (κ3) is 2.45. The van der Waals surface area contributed by atoms with Gasteiger partial charge in [0.25, 0.3) is 5.78 Å². The van der Waals surface area contributed by atoms with Crippen LogP contribution < -0.4 is 5.73 Å². The molecule has 0 aliphatic carbocycles. The molecule has 5 nitrogen and oxygen atoms in total. The standard InChI is InChI=1S/C7H10N2O3S/c1-2-12-6(11)5(10)4-3-13-7(8)9-4/h4H,2-3H2,1H3,(H2,8,9). The average Bonchev–Trinajstić information content (AvgIpc) is 2.51. The van der Waals surface area contributed by atoms with Crippen molar-refractivity contribution in [1.29, 1.82) is 0 Å². The van der Waals surface area contributed by atoms with E-state index in [9.17, 15) is 9.59 Å². The van der Waals surface area contributed by atoms with Gasteiger partial charge < -0.3 is 10.5 Å². The molecule has 0 aromatic rings. The molecule has 13 heavy (non-hydrogen) atoms. The van der Waals surface area contributed by atoms with E-state index in [2.05, 4.69) is 9.73 Å². The van der Waals surface area contributed by atoms with Crippen molar-refractivity contribution in [2.45, 2.75) is 13.0 Å². The molecule has 1 heterocycles. The lowest BCUT2D eigenvalue weighted by atomic mass is 10.2. The summed E-state index contributed by atoms with van der Waals surface area (Å²) in [4.78, 5) is 26.0. The highest BCUT2D eigenvalue weighted by molar-refractivity contribution is 8.14. The molecule has 0 amide bonds. The maximum Gasteiger partial charge on any atom is 0.376 e. The van der Waals surface area contributed by atoms with Crippen LogP contribution in [0.25, 0.3) is 0 Å². The number of hydrogen-bond donors (Lipinski definition) is 1. The first kappa shape index (κ1) is 10.0. The minimum atomic E-state index is -0.827. The van der Waals surface area contributed by atoms with Gasteiger partial charge in [-0.05, 0) is 6.92 Å². The number of carbonyl (C=O) groups excluding carboxylic acids is 2. The number of ether oxygens (including phenoxy) is 1. The highest BCUT2D eigenvalue weighted by Gasteiger charge is 2.29. The number of esters is 1. The second kappa shape index (κ2) is 4.27. The molecule has 1 atom stereocenters. The highest BCUT2D eigenvalue weighted by Crippen LogP contribution is 2.15. The van der Waals surface area contributed by atoms with Crippen LogP contribution in [0.5, 0.6) is 0 Å². The number of nitrogens with two attached hydrogens (primary N) is 1. The van der Waals surface area contributed by atoms with Gasteiger partial charge in [-0.15, -0.1) is 0 Å². The summed E-state index contributed by atoms with van der Waals surface area (Å²) in [5, 5.41) is 0.350. The Morgan fingerprint density at radius 2 is 2.46 bits per heavy atom. The highest BCUT2D eigenvalue weighted by atomic mass is 32.2. The minimum absolute atomic E-state index is 0.198. The first-order chi connectivity index (χ1) is 6.15. The maximum atomic E-state index is 11.2. The number of hydrogen-bond acceptors (Lipinski definition) is 6. The lowest BCUT2D eigenvalue weighted by molar-refractivity contribution is -0.153. The molecule has 0 radical (unpaired) electrons. The topological polar surface area (TPSA) is 81.8 Å². The third-order valence-corrected chi connectivity index (χ3v) is 2.34. The number of aliphatic imine (C=N–C) groups is 1. The Hall–Kier alpha value is -1.04. The Morgan fingerprint density at radius 3 is 2.92 bits per heavy atom. The molecular weight excluding hydrogens is 192 g/mol. The fourth-order valence-electron chi connectivity index (χ4n) is 0.865. The SMILES string of the molecule is CCOC(=O)C(=O)C1CSC(N)=N1. The lowest BCUT2D eigenvalue weighted by Gasteiger charge is -2.02. The summed E-state index contributed by atoms with van der Waals surface area (Å²) in [5.74, 6) is -1.01. The number of rotatable bonds is 3. The van der Waals surface area contributed by atoms with Gasteiger partial charge in [0.1, 0.15) is 6.04 Å². The maximum absolute atomic E-state index is 11.2. The summed E-state index contributed by atoms with van der Waals surface area (Å²) >= 11 is 1.27. The number of ketones is 1. The zero-order valence-corrected chi connectivity index (χ0v) is 7.97. The van der Waals surface area contributed by atoms with Gasteiger partial charge in [-0.25, -0.2) is 9.79 Å². The molecule has 2 N–H and O–H groups in total. The van der Waals surface area contributed by atoms with Gasteiger partial charge >= 0.3 is 5.97 Å². The number of thioether (sulfide) groups is 1. The Morgan fingerprint density at radius 1 is 1.77 bits per heavy atom. The van der Waals surface area contributed by atoms with Gasteiger partial charge in [0.05, 0.1) is 6.61 Å². The van der Waals surface area contributed by atoms with E-state index >= 15 is 0 Å². The number of carbonyl (C=O) groups is 2. The van der Waals surface area contributed by atoms with Crippen molar-refractivity contribution < 1.29 is 14.3 Å². The normalized spacial score (nSPS) is 21.0. The van der Waals surface area contributed by atoms with Crippen LogP contribution in [0.3, 0.4) is 0 Å². The van der Waals surface area contributed by atoms with Crippen molar-refractivity contribution in [3.63, 3.8) is 0 Å². The average molecular weight is 202 g/mol. The van der Waals surface area contributed by atoms with E-state index in [0.717, 1.165) is 0 Å². The van der Waals surface area contributed by atoms with Gasteiger partial charge in [-0.1, -0.05) is 11.8 Å². The Bertz CT molecular complexity index is 264. The predicted octanol–water partition coefficient (Wildman–Crippen LogP) is -0.451. The second-order valence-corrected chi connectivity index (χ2v) is 3.42. The van der Waals surface area contributed by atoms with Crippen LogP contribution in [0.1, 0.15) is 6.92 Å². The number of amidine groups is 1. The fraction of sp³-hybridized carbons (Fsp3) is 0.571. The van der Waals surface area contributed by atoms with E-state index in [0.29, 0.717) is 10.9 Å². The molecule has 0 spiro atoms. The van der Waals surface area contributed by atoms with Crippen LogP contribution in [0, 0.1) is 0 Å². The van der Waals surface area contributed by atoms with Crippen LogP contribution in [0.4, 0.5) is 0 Å². The summed E-state index contributed by atoms with van der Waals surface area (Å²) in [6.45, 7) is 1.84. The van der Waals surface area contributed by atoms with Crippen molar-refractivity contribution in [2.75, 3.05) is 12.4 Å². The van der Waals surface area contributed by atoms with Gasteiger partial charge in [0, 0.05) is 5.75 Å². The van der Waals surface area contributed by atoms with E-state index < -0.39 is 17.8 Å². The summed E-state index contributed by atoms with van der Waals surface area (Å²) < 4.78 is 4.54. The van der Waals surface area contributed by atoms with Crippen LogP contribution in [0.15, 0.2) is 4.99 Å². The van der Waals surface area contributed by atoms with E-state index in [1.165, 1.54) is 11.8 Å². The van der Waals surface area contributed by atoms with E-state index in [1.807, 2.05) is 0 Å². The van der Waals surface area contributed by atoms with Crippen molar-refractivity contribution in [1.82, 2.24) is 0 Å². The fourth-order valence-corrected chi connectivity index (χ4v) is 1.62. The number of nitrogens with zero attached hydrogens (tertiary/aromatic N) is 1. The largest absolute Gasteiger partial charge is 0.460 e. The molecule has 1 rings (SSSR count). The van der Waals surface area contributed by atoms with Crippen LogP contribution in [0.2, 0.25) is 0 Å². The molecule has 0 saturated carbocycles. The molecule has 1 aliphatic heterocycles. The second-order valence-electron chi connectivity index (χ2n) is 2.38. The van der Waals surface area contributed by atoms with Crippen molar-refractivity contribution >= 4 is 28.7 Å². The van der Waals surface area contributed by atoms with Crippen LogP contribution >= 0.6 is 11.8 Å². The first-order valence-corrected chi connectivity index (χ1v) is 4.80. The first-order valence-electron chi connectivity index (χ1n) is 3.82. The van der Waals surface area contributed by atoms with E-state index in [4.69, 9.17) is 5.73 Å². The molecule has 0 aromatic carbocycles. The van der Waals surface area contributed by atoms with Gasteiger partial charge in [0.15, 0.2) is 5.17 Å². The molecule has 6 heteroatoms. The van der Waals surface area contributed by atoms with Crippen molar-refractivity contribution in [2.24, 2.45) is 10.7 Å². The summed E-state index contributed by atoms with van der Waals surface area (Å²) in [6.07, 6.45) is 0. The molecule has 0 saturated heterocycles. The van der Waals surface area contributed by atoms with Crippen molar-refractivity contribution in [3.05, 3.63) is 0 Å². The van der Waals surface area contributed by atoms with E-state index in [-0.39, 0.29) is 6.61 Å². The third-order valence-electron chi connectivity index (χ3n) is 1.45. The zero-order valence-electron chi connectivity index (χ0n) is 7.15. The van der Waals surface area contributed by atoms with Crippen LogP contribution in [-0.2, 0) is 14.3 Å². The summed E-state index contributed by atoms with van der Waals surface area (Å²) in [5.41, 5.74) is 5.35. The molecule has 72 valence electrons. The molecule has 0 fully saturated rings. The van der Waals surface area contributed by atoms with E-state index in [1.54, 1.807) is 6.92 Å². The quantitative estimate of drug-likeness (QED) is 0.495. The molecule has 1 unspecified atom stereocenters. The lowest BCUT2D eigenvalue weighted by Crippen LogP contribution is -2.29. The minimum Gasteiger partial charge on any atom is -0.460 e. The Balaban J connectivity index is 2.53. The Kier molecular flexibility index (Phi) is 3.30.